The fourth-order valence-corrected chi connectivity index (χ4v) is 3.26. The molecule has 2 aliphatic rings. The molecule has 24 heavy (non-hydrogen) atoms. The highest BCUT2D eigenvalue weighted by atomic mass is 35.5. The number of carbonyl (C=O) groups is 2. The lowest BCUT2D eigenvalue weighted by Gasteiger charge is -2.42. The molecule has 1 amide bonds. The second kappa shape index (κ2) is 7.07. The van der Waals surface area contributed by atoms with E-state index in [4.69, 9.17) is 16.7 Å². The zero-order valence-electron chi connectivity index (χ0n) is 13.2. The quantitative estimate of drug-likeness (QED) is 0.789. The smallest absolute Gasteiger partial charge is 0.317 e. The van der Waals surface area contributed by atoms with Gasteiger partial charge in [-0.25, -0.2) is 4.39 Å². The van der Waals surface area contributed by atoms with Crippen LogP contribution in [0.1, 0.15) is 36.0 Å². The molecule has 0 atom stereocenters. The van der Waals surface area contributed by atoms with Crippen molar-refractivity contribution < 1.29 is 19.1 Å². The highest BCUT2D eigenvalue weighted by molar-refractivity contribution is 6.31. The Kier molecular flexibility index (Phi) is 5.06. The van der Waals surface area contributed by atoms with Crippen LogP contribution in [0.3, 0.4) is 0 Å². The van der Waals surface area contributed by atoms with Crippen LogP contribution < -0.4 is 5.32 Å². The van der Waals surface area contributed by atoms with E-state index in [0.717, 1.165) is 19.4 Å². The molecule has 0 heterocycles. The third-order valence-corrected chi connectivity index (χ3v) is 4.90. The van der Waals surface area contributed by atoms with E-state index in [9.17, 15) is 14.0 Å². The first-order valence-corrected chi connectivity index (χ1v) is 8.52. The maximum absolute atomic E-state index is 13.7. The highest BCUT2D eigenvalue weighted by Gasteiger charge is 2.38. The number of nitrogens with zero attached hydrogens (tertiary/aromatic N) is 1. The Morgan fingerprint density at radius 1 is 1.33 bits per heavy atom. The van der Waals surface area contributed by atoms with E-state index in [1.54, 1.807) is 0 Å². The summed E-state index contributed by atoms with van der Waals surface area (Å²) in [5.74, 6) is -1.30. The van der Waals surface area contributed by atoms with Gasteiger partial charge in [0, 0.05) is 23.7 Å². The summed E-state index contributed by atoms with van der Waals surface area (Å²) < 4.78 is 13.7. The Bertz CT molecular complexity index is 645. The number of hydrogen-bond acceptors (Lipinski definition) is 3. The van der Waals surface area contributed by atoms with Crippen LogP contribution in [0.4, 0.5) is 4.39 Å². The van der Waals surface area contributed by atoms with Crippen LogP contribution in [0, 0.1) is 11.7 Å². The molecule has 130 valence electrons. The molecule has 0 aliphatic heterocycles. The number of amides is 1. The van der Waals surface area contributed by atoms with Gasteiger partial charge in [0.05, 0.1) is 12.1 Å². The summed E-state index contributed by atoms with van der Waals surface area (Å²) >= 11 is 5.80. The molecule has 5 nitrogen and oxygen atoms in total. The summed E-state index contributed by atoms with van der Waals surface area (Å²) in [5.41, 5.74) is -0.0636. The first-order valence-electron chi connectivity index (χ1n) is 8.14. The Hall–Kier alpha value is -1.66. The standard InChI is InChI=1S/C17H20ClFN2O3/c18-11-3-4-15(19)14(5-11)17(24)20-12-6-13(7-12)21(9-16(22)23)8-10-1-2-10/h3-5,10,12-13H,1-2,6-9H2,(H,20,24)(H,22,23). The molecule has 2 fully saturated rings. The van der Waals surface area contributed by atoms with Gasteiger partial charge in [-0.2, -0.15) is 0 Å². The van der Waals surface area contributed by atoms with Gasteiger partial charge in [0.25, 0.3) is 5.91 Å². The van der Waals surface area contributed by atoms with Gasteiger partial charge in [-0.15, -0.1) is 0 Å². The Balaban J connectivity index is 1.52. The van der Waals surface area contributed by atoms with E-state index in [0.29, 0.717) is 23.8 Å². The maximum Gasteiger partial charge on any atom is 0.317 e. The second-order valence-electron chi connectivity index (χ2n) is 6.69. The van der Waals surface area contributed by atoms with Crippen LogP contribution in [-0.2, 0) is 4.79 Å². The second-order valence-corrected chi connectivity index (χ2v) is 7.12. The molecule has 0 aromatic heterocycles. The summed E-state index contributed by atoms with van der Waals surface area (Å²) in [4.78, 5) is 25.1. The molecule has 0 spiro atoms. The van der Waals surface area contributed by atoms with E-state index in [2.05, 4.69) is 5.32 Å². The molecule has 0 radical (unpaired) electrons. The minimum atomic E-state index is -0.830. The van der Waals surface area contributed by atoms with Crippen molar-refractivity contribution in [2.24, 2.45) is 5.92 Å². The molecule has 1 aromatic carbocycles. The number of aliphatic carboxylic acids is 1. The average Bonchev–Trinajstić information content (AvgIpc) is 3.27. The zero-order valence-corrected chi connectivity index (χ0v) is 13.9. The van der Waals surface area contributed by atoms with Crippen LogP contribution >= 0.6 is 11.6 Å². The fourth-order valence-electron chi connectivity index (χ4n) is 3.09. The number of carboxylic acids is 1. The lowest BCUT2D eigenvalue weighted by Crippen LogP contribution is -2.55. The highest BCUT2D eigenvalue weighted by Crippen LogP contribution is 2.33. The largest absolute Gasteiger partial charge is 0.480 e. The van der Waals surface area contributed by atoms with Gasteiger partial charge in [0.1, 0.15) is 5.82 Å². The first-order chi connectivity index (χ1) is 11.4. The molecular formula is C17H20ClFN2O3. The molecule has 0 unspecified atom stereocenters. The van der Waals surface area contributed by atoms with Crippen molar-refractivity contribution in [1.29, 1.82) is 0 Å². The maximum atomic E-state index is 13.7. The van der Waals surface area contributed by atoms with Gasteiger partial charge in [-0.05, 0) is 49.8 Å². The van der Waals surface area contributed by atoms with E-state index in [1.807, 2.05) is 4.90 Å². The lowest BCUT2D eigenvalue weighted by atomic mass is 9.85. The number of carbonyl (C=O) groups excluding carboxylic acids is 1. The lowest BCUT2D eigenvalue weighted by molar-refractivity contribution is -0.139. The molecule has 7 heteroatoms. The van der Waals surface area contributed by atoms with E-state index >= 15 is 0 Å². The number of hydrogen-bond donors (Lipinski definition) is 2. The fraction of sp³-hybridized carbons (Fsp3) is 0.529. The Morgan fingerprint density at radius 2 is 2.04 bits per heavy atom. The summed E-state index contributed by atoms with van der Waals surface area (Å²) in [6.07, 6.45) is 3.70. The van der Waals surface area contributed by atoms with Crippen molar-refractivity contribution in [3.05, 3.63) is 34.6 Å². The van der Waals surface area contributed by atoms with E-state index in [1.165, 1.54) is 18.2 Å². The predicted molar refractivity (Wildman–Crippen MR) is 87.6 cm³/mol. The Labute approximate surface area is 144 Å². The third-order valence-electron chi connectivity index (χ3n) is 4.67. The van der Waals surface area contributed by atoms with Crippen LogP contribution in [0.15, 0.2) is 18.2 Å². The molecule has 0 saturated heterocycles. The van der Waals surface area contributed by atoms with Crippen molar-refractivity contribution >= 4 is 23.5 Å². The SMILES string of the molecule is O=C(O)CN(CC1CC1)C1CC(NC(=O)c2cc(Cl)ccc2F)C1. The molecular weight excluding hydrogens is 335 g/mol. The van der Waals surface area contributed by atoms with Gasteiger partial charge in [0.15, 0.2) is 0 Å². The van der Waals surface area contributed by atoms with Crippen molar-refractivity contribution in [3.8, 4) is 0 Å². The van der Waals surface area contributed by atoms with Gasteiger partial charge < -0.3 is 10.4 Å². The van der Waals surface area contributed by atoms with Crippen LogP contribution in [0.25, 0.3) is 0 Å². The summed E-state index contributed by atoms with van der Waals surface area (Å²) in [7, 11) is 0. The number of halogens is 2. The molecule has 3 rings (SSSR count). The summed E-state index contributed by atoms with van der Waals surface area (Å²) in [6, 6.07) is 3.99. The van der Waals surface area contributed by atoms with Gasteiger partial charge >= 0.3 is 5.97 Å². The van der Waals surface area contributed by atoms with E-state index < -0.39 is 17.7 Å². The average molecular weight is 355 g/mol. The van der Waals surface area contributed by atoms with Crippen LogP contribution in [-0.4, -0.2) is 47.1 Å². The minimum Gasteiger partial charge on any atom is -0.480 e. The molecule has 2 N–H and O–H groups in total. The first kappa shape index (κ1) is 17.2. The third kappa shape index (κ3) is 4.24. The summed E-state index contributed by atoms with van der Waals surface area (Å²) in [6.45, 7) is 0.839. The number of nitrogens with one attached hydrogen (secondary N) is 1. The van der Waals surface area contributed by atoms with Crippen molar-refractivity contribution in [3.63, 3.8) is 0 Å². The molecule has 2 aliphatic carbocycles. The predicted octanol–water partition coefficient (Wildman–Crippen LogP) is 2.54. The normalized spacial score (nSPS) is 23.0. The topological polar surface area (TPSA) is 69.6 Å². The molecule has 2 saturated carbocycles. The van der Waals surface area contributed by atoms with Crippen molar-refractivity contribution in [1.82, 2.24) is 10.2 Å². The Morgan fingerprint density at radius 3 is 2.67 bits per heavy atom. The number of benzene rings is 1. The number of carboxylic acid groups (broad SMARTS) is 1. The van der Waals surface area contributed by atoms with Crippen LogP contribution in [0.2, 0.25) is 5.02 Å². The summed E-state index contributed by atoms with van der Waals surface area (Å²) in [5, 5.41) is 12.1. The van der Waals surface area contributed by atoms with Gasteiger partial charge in [-0.3, -0.25) is 14.5 Å². The van der Waals surface area contributed by atoms with Gasteiger partial charge in [0.2, 0.25) is 0 Å². The van der Waals surface area contributed by atoms with Crippen molar-refractivity contribution in [2.75, 3.05) is 13.1 Å². The monoisotopic (exact) mass is 354 g/mol. The number of rotatable bonds is 7. The van der Waals surface area contributed by atoms with Gasteiger partial charge in [-0.1, -0.05) is 11.6 Å². The molecule has 0 bridgehead atoms. The minimum absolute atomic E-state index is 0.0325. The van der Waals surface area contributed by atoms with Crippen molar-refractivity contribution in [2.45, 2.75) is 37.8 Å². The molecule has 1 aromatic rings. The van der Waals surface area contributed by atoms with Crippen LogP contribution in [0.5, 0.6) is 0 Å². The zero-order chi connectivity index (χ0) is 17.3. The van der Waals surface area contributed by atoms with E-state index in [-0.39, 0.29) is 24.2 Å².